The van der Waals surface area contributed by atoms with E-state index in [-0.39, 0.29) is 24.2 Å². The molecule has 3 N–H and O–H groups in total. The Kier molecular flexibility index (Phi) is 7.80. The van der Waals surface area contributed by atoms with E-state index in [1.54, 1.807) is 0 Å². The Morgan fingerprint density at radius 2 is 1.88 bits per heavy atom. The number of rotatable bonds is 4. The van der Waals surface area contributed by atoms with E-state index in [4.69, 9.17) is 5.73 Å². The van der Waals surface area contributed by atoms with Gasteiger partial charge < -0.3 is 11.1 Å². The lowest BCUT2D eigenvalue weighted by Crippen LogP contribution is -2.47. The van der Waals surface area contributed by atoms with Gasteiger partial charge in [-0.3, -0.25) is 4.79 Å². The van der Waals surface area contributed by atoms with Gasteiger partial charge in [0, 0.05) is 12.0 Å². The molecule has 0 bridgehead atoms. The maximum atomic E-state index is 12.0. The van der Waals surface area contributed by atoms with Gasteiger partial charge in [-0.1, -0.05) is 33.6 Å². The highest BCUT2D eigenvalue weighted by Crippen LogP contribution is 2.24. The van der Waals surface area contributed by atoms with Gasteiger partial charge in [0.2, 0.25) is 5.91 Å². The van der Waals surface area contributed by atoms with Gasteiger partial charge in [-0.2, -0.15) is 0 Å². The third-order valence-electron chi connectivity index (χ3n) is 3.95. The number of hydrogen-bond acceptors (Lipinski definition) is 2. The first kappa shape index (κ1) is 16.7. The van der Waals surface area contributed by atoms with Gasteiger partial charge >= 0.3 is 0 Å². The van der Waals surface area contributed by atoms with E-state index in [1.807, 2.05) is 6.92 Å². The summed E-state index contributed by atoms with van der Waals surface area (Å²) in [6.07, 6.45) is 4.74. The standard InChI is InChI=1S/C13H26N2O.ClH/c1-9(2)10(3)13(16)15-12-7-5-4-6-11(12)8-14;/h9-12H,4-8,14H2,1-3H3,(H,15,16);1H. The van der Waals surface area contributed by atoms with E-state index in [2.05, 4.69) is 19.2 Å². The van der Waals surface area contributed by atoms with Crippen LogP contribution < -0.4 is 11.1 Å². The first-order chi connectivity index (χ1) is 7.56. The summed E-state index contributed by atoms with van der Waals surface area (Å²) in [6, 6.07) is 0.312. The fourth-order valence-electron chi connectivity index (χ4n) is 2.30. The quantitative estimate of drug-likeness (QED) is 0.817. The Morgan fingerprint density at radius 1 is 1.29 bits per heavy atom. The predicted molar refractivity (Wildman–Crippen MR) is 74.2 cm³/mol. The second-order valence-corrected chi connectivity index (χ2v) is 5.43. The highest BCUT2D eigenvalue weighted by molar-refractivity contribution is 5.85. The minimum atomic E-state index is 0. The van der Waals surface area contributed by atoms with E-state index < -0.39 is 0 Å². The lowest BCUT2D eigenvalue weighted by molar-refractivity contribution is -0.127. The summed E-state index contributed by atoms with van der Waals surface area (Å²) in [5.41, 5.74) is 5.75. The van der Waals surface area contributed by atoms with Crippen LogP contribution in [0.3, 0.4) is 0 Å². The first-order valence-corrected chi connectivity index (χ1v) is 6.56. The summed E-state index contributed by atoms with van der Waals surface area (Å²) in [7, 11) is 0. The summed E-state index contributed by atoms with van der Waals surface area (Å²) in [6.45, 7) is 6.87. The summed E-state index contributed by atoms with van der Waals surface area (Å²) in [5.74, 6) is 1.18. The molecule has 0 aromatic carbocycles. The summed E-state index contributed by atoms with van der Waals surface area (Å²) >= 11 is 0. The number of hydrogen-bond donors (Lipinski definition) is 2. The molecule has 0 heterocycles. The Bertz CT molecular complexity index is 233. The number of nitrogens with one attached hydrogen (secondary N) is 1. The average molecular weight is 263 g/mol. The molecule has 1 amide bonds. The minimum absolute atomic E-state index is 0. The van der Waals surface area contributed by atoms with Gasteiger partial charge in [0.05, 0.1) is 0 Å². The molecule has 1 saturated carbocycles. The number of carbonyl (C=O) groups is 1. The predicted octanol–water partition coefficient (Wildman–Crippen LogP) is 2.33. The Balaban J connectivity index is 0.00000256. The van der Waals surface area contributed by atoms with Crippen molar-refractivity contribution in [1.29, 1.82) is 0 Å². The molecule has 0 radical (unpaired) electrons. The smallest absolute Gasteiger partial charge is 0.223 e. The second-order valence-electron chi connectivity index (χ2n) is 5.43. The summed E-state index contributed by atoms with van der Waals surface area (Å²) < 4.78 is 0. The van der Waals surface area contributed by atoms with Gasteiger partial charge in [0.15, 0.2) is 0 Å². The molecule has 0 aromatic rings. The van der Waals surface area contributed by atoms with Gasteiger partial charge in [-0.05, 0) is 31.2 Å². The van der Waals surface area contributed by atoms with Crippen molar-refractivity contribution in [3.8, 4) is 0 Å². The Morgan fingerprint density at radius 3 is 2.41 bits per heavy atom. The number of nitrogens with two attached hydrogens (primary N) is 1. The van der Waals surface area contributed by atoms with E-state index in [9.17, 15) is 4.79 Å². The van der Waals surface area contributed by atoms with Crippen molar-refractivity contribution in [2.24, 2.45) is 23.5 Å². The first-order valence-electron chi connectivity index (χ1n) is 6.56. The third kappa shape index (κ3) is 4.84. The molecule has 3 atom stereocenters. The van der Waals surface area contributed by atoms with Crippen molar-refractivity contribution in [3.63, 3.8) is 0 Å². The third-order valence-corrected chi connectivity index (χ3v) is 3.95. The molecule has 3 nitrogen and oxygen atoms in total. The molecular weight excluding hydrogens is 236 g/mol. The molecule has 4 heteroatoms. The van der Waals surface area contributed by atoms with Crippen LogP contribution in [0.2, 0.25) is 0 Å². The van der Waals surface area contributed by atoms with Gasteiger partial charge in [0.25, 0.3) is 0 Å². The average Bonchev–Trinajstić information content (AvgIpc) is 2.28. The van der Waals surface area contributed by atoms with Crippen LogP contribution in [0.4, 0.5) is 0 Å². The van der Waals surface area contributed by atoms with Crippen LogP contribution in [0, 0.1) is 17.8 Å². The van der Waals surface area contributed by atoms with Crippen LogP contribution in [0.1, 0.15) is 46.5 Å². The van der Waals surface area contributed by atoms with Crippen molar-refractivity contribution < 1.29 is 4.79 Å². The molecule has 0 spiro atoms. The molecule has 17 heavy (non-hydrogen) atoms. The molecule has 0 aromatic heterocycles. The molecule has 3 unspecified atom stereocenters. The van der Waals surface area contributed by atoms with Crippen molar-refractivity contribution >= 4 is 18.3 Å². The van der Waals surface area contributed by atoms with Gasteiger partial charge in [-0.15, -0.1) is 12.4 Å². The van der Waals surface area contributed by atoms with Crippen LogP contribution in [0.25, 0.3) is 0 Å². The van der Waals surface area contributed by atoms with Crippen LogP contribution in [0.5, 0.6) is 0 Å². The maximum Gasteiger partial charge on any atom is 0.223 e. The Labute approximate surface area is 111 Å². The van der Waals surface area contributed by atoms with E-state index in [0.717, 1.165) is 12.8 Å². The zero-order chi connectivity index (χ0) is 12.1. The molecule has 1 aliphatic rings. The van der Waals surface area contributed by atoms with E-state index in [1.165, 1.54) is 12.8 Å². The van der Waals surface area contributed by atoms with Crippen LogP contribution in [0.15, 0.2) is 0 Å². The zero-order valence-corrected chi connectivity index (χ0v) is 12.1. The molecule has 102 valence electrons. The zero-order valence-electron chi connectivity index (χ0n) is 11.2. The molecule has 1 rings (SSSR count). The fraction of sp³-hybridized carbons (Fsp3) is 0.923. The molecule has 0 aliphatic heterocycles. The van der Waals surface area contributed by atoms with Crippen molar-refractivity contribution in [2.45, 2.75) is 52.5 Å². The van der Waals surface area contributed by atoms with Gasteiger partial charge in [-0.25, -0.2) is 0 Å². The van der Waals surface area contributed by atoms with E-state index in [0.29, 0.717) is 24.4 Å². The van der Waals surface area contributed by atoms with Crippen LogP contribution >= 0.6 is 12.4 Å². The highest BCUT2D eigenvalue weighted by atomic mass is 35.5. The highest BCUT2D eigenvalue weighted by Gasteiger charge is 2.27. The maximum absolute atomic E-state index is 12.0. The van der Waals surface area contributed by atoms with Crippen molar-refractivity contribution in [2.75, 3.05) is 6.54 Å². The summed E-state index contributed by atoms with van der Waals surface area (Å²) in [4.78, 5) is 12.0. The summed E-state index contributed by atoms with van der Waals surface area (Å²) in [5, 5.41) is 3.18. The number of halogens is 1. The lowest BCUT2D eigenvalue weighted by Gasteiger charge is -2.32. The minimum Gasteiger partial charge on any atom is -0.353 e. The Hall–Kier alpha value is -0.280. The van der Waals surface area contributed by atoms with Crippen LogP contribution in [-0.2, 0) is 4.79 Å². The number of amides is 1. The van der Waals surface area contributed by atoms with Gasteiger partial charge in [0.1, 0.15) is 0 Å². The molecule has 1 aliphatic carbocycles. The van der Waals surface area contributed by atoms with Crippen molar-refractivity contribution in [1.82, 2.24) is 5.32 Å². The van der Waals surface area contributed by atoms with Crippen LogP contribution in [-0.4, -0.2) is 18.5 Å². The lowest BCUT2D eigenvalue weighted by atomic mass is 9.84. The molecule has 0 saturated heterocycles. The topological polar surface area (TPSA) is 55.1 Å². The van der Waals surface area contributed by atoms with E-state index >= 15 is 0 Å². The second kappa shape index (κ2) is 7.93. The largest absolute Gasteiger partial charge is 0.353 e. The molecular formula is C13H27ClN2O. The molecule has 1 fully saturated rings. The monoisotopic (exact) mass is 262 g/mol. The van der Waals surface area contributed by atoms with Crippen molar-refractivity contribution in [3.05, 3.63) is 0 Å². The fourth-order valence-corrected chi connectivity index (χ4v) is 2.30. The normalized spacial score (nSPS) is 26.2. The number of carbonyl (C=O) groups excluding carboxylic acids is 1. The SMILES string of the molecule is CC(C)C(C)C(=O)NC1CCCCC1CN.Cl.